The maximum Gasteiger partial charge on any atom is 0.340 e. The molecule has 34 heavy (non-hydrogen) atoms. The monoisotopic (exact) mass is 458 g/mol. The van der Waals surface area contributed by atoms with Gasteiger partial charge in [-0.15, -0.1) is 0 Å². The first-order chi connectivity index (χ1) is 16.3. The molecule has 0 aromatic heterocycles. The van der Waals surface area contributed by atoms with Crippen molar-refractivity contribution >= 4 is 17.6 Å². The summed E-state index contributed by atoms with van der Waals surface area (Å²) >= 11 is 0. The molecular weight excluding hydrogens is 436 g/mol. The third-order valence-corrected chi connectivity index (χ3v) is 7.06. The second-order valence-corrected chi connectivity index (χ2v) is 8.92. The predicted octanol–water partition coefficient (Wildman–Crippen LogP) is 3.63. The van der Waals surface area contributed by atoms with E-state index in [0.29, 0.717) is 52.5 Å². The van der Waals surface area contributed by atoms with Crippen LogP contribution in [0.3, 0.4) is 0 Å². The Balaban J connectivity index is 1.50. The number of hydroxylamine groups is 2. The van der Waals surface area contributed by atoms with Gasteiger partial charge in [0, 0.05) is 41.8 Å². The summed E-state index contributed by atoms with van der Waals surface area (Å²) in [6, 6.07) is 17.1. The number of hydrogen-bond acceptors (Lipinski definition) is 6. The molecule has 3 aliphatic rings. The van der Waals surface area contributed by atoms with E-state index in [1.165, 1.54) is 19.1 Å². The molecule has 1 N–H and O–H groups in total. The van der Waals surface area contributed by atoms with E-state index in [4.69, 9.17) is 9.47 Å². The van der Waals surface area contributed by atoms with Gasteiger partial charge in [0.1, 0.15) is 36.0 Å². The van der Waals surface area contributed by atoms with Crippen molar-refractivity contribution < 1.29 is 24.2 Å². The lowest BCUT2D eigenvalue weighted by Crippen LogP contribution is -2.58. The Morgan fingerprint density at radius 2 is 1.68 bits per heavy atom. The summed E-state index contributed by atoms with van der Waals surface area (Å²) in [6.07, 6.45) is 0. The number of ether oxygens (including phenoxy) is 2. The van der Waals surface area contributed by atoms with E-state index in [2.05, 4.69) is 0 Å². The molecule has 8 heteroatoms. The topological polar surface area (TPSA) is 99.1 Å². The highest BCUT2D eigenvalue weighted by molar-refractivity contribution is 5.97. The minimum atomic E-state index is -1.25. The highest BCUT2D eigenvalue weighted by atomic mass is 16.6. The van der Waals surface area contributed by atoms with Crippen LogP contribution in [0.2, 0.25) is 0 Å². The van der Waals surface area contributed by atoms with Gasteiger partial charge in [0.05, 0.1) is 18.7 Å². The number of aromatic hydroxyl groups is 1. The van der Waals surface area contributed by atoms with Crippen LogP contribution < -0.4 is 9.38 Å². The van der Waals surface area contributed by atoms with Crippen LogP contribution in [0.25, 0.3) is 0 Å². The molecule has 3 heterocycles. The second-order valence-electron chi connectivity index (χ2n) is 8.92. The van der Waals surface area contributed by atoms with Crippen LogP contribution >= 0.6 is 0 Å². The van der Waals surface area contributed by atoms with E-state index in [1.807, 2.05) is 12.1 Å². The molecule has 0 saturated carbocycles. The Hall–Kier alpha value is -3.88. The number of carbonyl (C=O) groups excluding carboxylic acids is 2. The van der Waals surface area contributed by atoms with Crippen LogP contribution in [0.15, 0.2) is 60.7 Å². The molecule has 1 saturated heterocycles. The van der Waals surface area contributed by atoms with E-state index >= 15 is 0 Å². The molecule has 1 atom stereocenters. The zero-order valence-corrected chi connectivity index (χ0v) is 18.5. The van der Waals surface area contributed by atoms with Gasteiger partial charge in [-0.1, -0.05) is 18.2 Å². The first-order valence-electron chi connectivity index (χ1n) is 11.1. The fourth-order valence-electron chi connectivity index (χ4n) is 5.27. The molecule has 1 spiro atoms. The smallest absolute Gasteiger partial charge is 0.340 e. The lowest BCUT2D eigenvalue weighted by atomic mass is 9.77. The molecule has 8 nitrogen and oxygen atoms in total. The van der Waals surface area contributed by atoms with Crippen LogP contribution in [-0.2, 0) is 15.1 Å². The third kappa shape index (κ3) is 2.79. The number of phenols is 1. The molecule has 1 amide bonds. The molecule has 0 bridgehead atoms. The van der Waals surface area contributed by atoms with Gasteiger partial charge in [0.2, 0.25) is 5.91 Å². The standard InChI is InChI=1S/C26H22N2O6/c1-16(29)27-10-12-28(32,13-11-27)17-6-8-21-23(14-17)33-24-15-18(30)7-9-22(24)26(21)20-5-3-2-4-19(20)25(31)34-26/h2-9,14-15,30H,10-13H2,1H3. The SMILES string of the molecule is CC(=O)N1CC[N+]([O-])(c2ccc3c(c2)Oc2cc(O)ccc2C32OC(=O)c3ccccc32)CC1. The van der Waals surface area contributed by atoms with Crippen LogP contribution in [0.1, 0.15) is 34.0 Å². The zero-order chi connectivity index (χ0) is 23.7. The number of fused-ring (bicyclic) bond motifs is 6. The van der Waals surface area contributed by atoms with Crippen LogP contribution in [0, 0.1) is 5.21 Å². The summed E-state index contributed by atoms with van der Waals surface area (Å²) in [7, 11) is 0. The van der Waals surface area contributed by atoms with E-state index in [-0.39, 0.29) is 24.7 Å². The summed E-state index contributed by atoms with van der Waals surface area (Å²) in [4.78, 5) is 26.2. The Morgan fingerprint density at radius 1 is 1.00 bits per heavy atom. The molecule has 0 radical (unpaired) electrons. The van der Waals surface area contributed by atoms with Crippen molar-refractivity contribution in [3.05, 3.63) is 88.1 Å². The van der Waals surface area contributed by atoms with E-state index in [0.717, 1.165) is 0 Å². The van der Waals surface area contributed by atoms with Gasteiger partial charge in [-0.05, 0) is 24.3 Å². The second kappa shape index (κ2) is 7.06. The van der Waals surface area contributed by atoms with Gasteiger partial charge in [-0.3, -0.25) is 4.79 Å². The number of quaternary nitrogens is 1. The Labute approximate surface area is 195 Å². The van der Waals surface area contributed by atoms with Gasteiger partial charge >= 0.3 is 5.97 Å². The number of benzene rings is 3. The van der Waals surface area contributed by atoms with Gasteiger partial charge in [-0.2, -0.15) is 0 Å². The molecule has 1 fully saturated rings. The summed E-state index contributed by atoms with van der Waals surface area (Å²) in [5.41, 5.74) is 1.62. The molecular formula is C26H22N2O6. The Morgan fingerprint density at radius 3 is 2.41 bits per heavy atom. The summed E-state index contributed by atoms with van der Waals surface area (Å²) in [5.74, 6) is 0.272. The number of esters is 1. The fraction of sp³-hybridized carbons (Fsp3) is 0.231. The third-order valence-electron chi connectivity index (χ3n) is 7.06. The molecule has 172 valence electrons. The maximum absolute atomic E-state index is 13.7. The van der Waals surface area contributed by atoms with Crippen LogP contribution in [-0.4, -0.2) is 48.1 Å². The zero-order valence-electron chi connectivity index (χ0n) is 18.5. The number of phenolic OH excluding ortho intramolecular Hbond substituents is 1. The predicted molar refractivity (Wildman–Crippen MR) is 124 cm³/mol. The molecule has 3 aliphatic heterocycles. The van der Waals surface area contributed by atoms with Crippen molar-refractivity contribution in [1.82, 2.24) is 9.55 Å². The van der Waals surface area contributed by atoms with Crippen LogP contribution in [0.5, 0.6) is 17.2 Å². The average molecular weight is 458 g/mol. The summed E-state index contributed by atoms with van der Waals surface area (Å²) in [5, 5.41) is 23.8. The minimum Gasteiger partial charge on any atom is -0.627 e. The normalized spacial score (nSPS) is 21.8. The first-order valence-corrected chi connectivity index (χ1v) is 11.1. The fourth-order valence-corrected chi connectivity index (χ4v) is 5.27. The highest BCUT2D eigenvalue weighted by Gasteiger charge is 2.53. The van der Waals surface area contributed by atoms with Gasteiger partial charge in [0.25, 0.3) is 0 Å². The molecule has 0 aliphatic carbocycles. The van der Waals surface area contributed by atoms with Crippen molar-refractivity contribution in [2.24, 2.45) is 0 Å². The number of amides is 1. The summed E-state index contributed by atoms with van der Waals surface area (Å²) in [6.45, 7) is 2.73. The largest absolute Gasteiger partial charge is 0.627 e. The molecule has 1 unspecified atom stereocenters. The van der Waals surface area contributed by atoms with Crippen molar-refractivity contribution in [2.45, 2.75) is 12.5 Å². The molecule has 3 aromatic carbocycles. The van der Waals surface area contributed by atoms with E-state index in [9.17, 15) is 19.9 Å². The van der Waals surface area contributed by atoms with E-state index < -0.39 is 16.2 Å². The molecule has 6 rings (SSSR count). The van der Waals surface area contributed by atoms with E-state index in [1.54, 1.807) is 41.3 Å². The quantitative estimate of drug-likeness (QED) is 0.340. The maximum atomic E-state index is 13.7. The van der Waals surface area contributed by atoms with Crippen molar-refractivity contribution in [2.75, 3.05) is 26.2 Å². The molecule has 3 aromatic rings. The lowest BCUT2D eigenvalue weighted by Gasteiger charge is -2.48. The van der Waals surface area contributed by atoms with Crippen molar-refractivity contribution in [1.29, 1.82) is 0 Å². The van der Waals surface area contributed by atoms with Crippen molar-refractivity contribution in [3.63, 3.8) is 0 Å². The lowest BCUT2D eigenvalue weighted by molar-refractivity contribution is -0.130. The van der Waals surface area contributed by atoms with Crippen LogP contribution in [0.4, 0.5) is 5.69 Å². The number of carbonyl (C=O) groups is 2. The Kier molecular flexibility index (Phi) is 4.30. The minimum absolute atomic E-state index is 0.0128. The first kappa shape index (κ1) is 20.7. The number of piperazine rings is 1. The average Bonchev–Trinajstić information content (AvgIpc) is 3.12. The number of hydrogen-bond donors (Lipinski definition) is 1. The van der Waals surface area contributed by atoms with Gasteiger partial charge in [0.15, 0.2) is 5.60 Å². The number of nitrogens with zero attached hydrogens (tertiary/aromatic N) is 2. The van der Waals surface area contributed by atoms with Crippen molar-refractivity contribution in [3.8, 4) is 17.2 Å². The van der Waals surface area contributed by atoms with Gasteiger partial charge in [-0.25, -0.2) is 4.79 Å². The highest BCUT2D eigenvalue weighted by Crippen LogP contribution is 2.57. The Bertz CT molecular complexity index is 1360. The van der Waals surface area contributed by atoms with Gasteiger partial charge < -0.3 is 29.3 Å². The summed E-state index contributed by atoms with van der Waals surface area (Å²) < 4.78 is 11.7. The number of rotatable bonds is 1.